The van der Waals surface area contributed by atoms with E-state index < -0.39 is 0 Å². The fraction of sp³-hybridized carbons (Fsp3) is 0.231. The molecule has 0 atom stereocenters. The highest BCUT2D eigenvalue weighted by atomic mass is 35.5. The quantitative estimate of drug-likeness (QED) is 0.283. The van der Waals surface area contributed by atoms with Crippen LogP contribution in [-0.4, -0.2) is 34.5 Å². The molecule has 0 spiro atoms. The van der Waals surface area contributed by atoms with Crippen molar-refractivity contribution in [3.05, 3.63) is 76.1 Å². The zero-order valence-electron chi connectivity index (χ0n) is 18.9. The van der Waals surface area contributed by atoms with E-state index >= 15 is 0 Å². The summed E-state index contributed by atoms with van der Waals surface area (Å²) in [6.45, 7) is 7.19. The van der Waals surface area contributed by atoms with Crippen molar-refractivity contribution in [2.45, 2.75) is 20.5 Å². The Morgan fingerprint density at radius 2 is 1.97 bits per heavy atom. The minimum atomic E-state index is -0.297. The van der Waals surface area contributed by atoms with E-state index in [1.807, 2.05) is 12.1 Å². The summed E-state index contributed by atoms with van der Waals surface area (Å²) in [5, 5.41) is 3.76. The van der Waals surface area contributed by atoms with Crippen LogP contribution in [0.2, 0.25) is 5.02 Å². The number of thiophene rings is 1. The second-order valence-electron chi connectivity index (χ2n) is 7.50. The standard InChI is InChI=1S/C26H24ClFN4OS/c1-3-32(4-2)12-6-9-21-15-23-25(34-21)26(30-17-29-23)31-20-10-11-24(22(27)14-20)33-16-18-7-5-8-19(28)13-18/h5,7-8,10-11,13-15,17H,3-4,12,16H2,1-2H3,(H,29,30,31). The Morgan fingerprint density at radius 1 is 1.12 bits per heavy atom. The third-order valence-electron chi connectivity index (χ3n) is 5.20. The second kappa shape index (κ2) is 11.3. The Kier molecular flexibility index (Phi) is 7.96. The summed E-state index contributed by atoms with van der Waals surface area (Å²) in [6.07, 6.45) is 1.53. The van der Waals surface area contributed by atoms with Gasteiger partial charge in [-0.3, -0.25) is 4.90 Å². The van der Waals surface area contributed by atoms with Gasteiger partial charge in [-0.1, -0.05) is 49.4 Å². The van der Waals surface area contributed by atoms with E-state index in [0.717, 1.165) is 46.0 Å². The van der Waals surface area contributed by atoms with Crippen LogP contribution in [0.25, 0.3) is 10.2 Å². The predicted molar refractivity (Wildman–Crippen MR) is 138 cm³/mol. The van der Waals surface area contributed by atoms with Crippen LogP contribution in [0.1, 0.15) is 24.3 Å². The average molecular weight is 495 g/mol. The molecule has 0 bridgehead atoms. The van der Waals surface area contributed by atoms with Crippen LogP contribution in [-0.2, 0) is 6.61 Å². The summed E-state index contributed by atoms with van der Waals surface area (Å²) in [7, 11) is 0. The van der Waals surface area contributed by atoms with Gasteiger partial charge in [-0.2, -0.15) is 0 Å². The number of rotatable bonds is 8. The molecule has 5 nitrogen and oxygen atoms in total. The van der Waals surface area contributed by atoms with Crippen LogP contribution < -0.4 is 10.1 Å². The van der Waals surface area contributed by atoms with Gasteiger partial charge in [-0.25, -0.2) is 14.4 Å². The minimum absolute atomic E-state index is 0.226. The topological polar surface area (TPSA) is 50.3 Å². The van der Waals surface area contributed by atoms with Gasteiger partial charge in [0.2, 0.25) is 0 Å². The highest BCUT2D eigenvalue weighted by Crippen LogP contribution is 2.33. The summed E-state index contributed by atoms with van der Waals surface area (Å²) in [5.74, 6) is 7.40. The van der Waals surface area contributed by atoms with Crippen LogP contribution in [0.15, 0.2) is 54.9 Å². The molecule has 4 rings (SSSR count). The van der Waals surface area contributed by atoms with Crippen molar-refractivity contribution >= 4 is 44.7 Å². The lowest BCUT2D eigenvalue weighted by Gasteiger charge is -2.12. The second-order valence-corrected chi connectivity index (χ2v) is 8.96. The number of nitrogens with one attached hydrogen (secondary N) is 1. The molecule has 0 saturated carbocycles. The van der Waals surface area contributed by atoms with E-state index in [-0.39, 0.29) is 12.4 Å². The zero-order chi connectivity index (χ0) is 23.9. The monoisotopic (exact) mass is 494 g/mol. The first kappa shape index (κ1) is 24.0. The van der Waals surface area contributed by atoms with Gasteiger partial charge in [0.1, 0.15) is 24.5 Å². The van der Waals surface area contributed by atoms with E-state index in [2.05, 4.69) is 45.9 Å². The third-order valence-corrected chi connectivity index (χ3v) is 6.54. The van der Waals surface area contributed by atoms with Gasteiger partial charge in [0, 0.05) is 5.69 Å². The van der Waals surface area contributed by atoms with Crippen molar-refractivity contribution in [1.29, 1.82) is 0 Å². The molecule has 8 heteroatoms. The molecule has 0 aliphatic rings. The lowest BCUT2D eigenvalue weighted by Crippen LogP contribution is -2.22. The summed E-state index contributed by atoms with van der Waals surface area (Å²) in [5.41, 5.74) is 2.34. The fourth-order valence-corrected chi connectivity index (χ4v) is 4.48. The van der Waals surface area contributed by atoms with Gasteiger partial charge in [-0.15, -0.1) is 11.3 Å². The molecule has 34 heavy (non-hydrogen) atoms. The Hall–Kier alpha value is -3.18. The Labute approximate surface area is 207 Å². The Morgan fingerprint density at radius 3 is 2.74 bits per heavy atom. The number of ether oxygens (including phenoxy) is 1. The zero-order valence-corrected chi connectivity index (χ0v) is 20.5. The molecular formula is C26H24ClFN4OS. The first-order valence-corrected chi connectivity index (χ1v) is 12.1. The highest BCUT2D eigenvalue weighted by Gasteiger charge is 2.10. The SMILES string of the molecule is CCN(CC)CC#Cc1cc2ncnc(Nc3ccc(OCc4cccc(F)c4)c(Cl)c3)c2s1. The predicted octanol–water partition coefficient (Wildman–Crippen LogP) is 6.50. The number of aromatic nitrogens is 2. The normalized spacial score (nSPS) is 10.9. The molecule has 2 heterocycles. The smallest absolute Gasteiger partial charge is 0.151 e. The Balaban J connectivity index is 1.47. The van der Waals surface area contributed by atoms with Crippen LogP contribution in [0.3, 0.4) is 0 Å². The maximum atomic E-state index is 13.4. The van der Waals surface area contributed by atoms with Gasteiger partial charge in [0.25, 0.3) is 0 Å². The molecule has 1 N–H and O–H groups in total. The van der Waals surface area contributed by atoms with Crippen LogP contribution in [0, 0.1) is 17.7 Å². The molecule has 174 valence electrons. The summed E-state index contributed by atoms with van der Waals surface area (Å²) < 4.78 is 20.0. The molecule has 4 aromatic rings. The largest absolute Gasteiger partial charge is 0.487 e. The molecule has 2 aromatic heterocycles. The van der Waals surface area contributed by atoms with Crippen molar-refractivity contribution in [2.24, 2.45) is 0 Å². The average Bonchev–Trinajstić information content (AvgIpc) is 3.25. The molecule has 0 unspecified atom stereocenters. The van der Waals surface area contributed by atoms with Crippen molar-refractivity contribution in [2.75, 3.05) is 25.0 Å². The van der Waals surface area contributed by atoms with Gasteiger partial charge < -0.3 is 10.1 Å². The highest BCUT2D eigenvalue weighted by molar-refractivity contribution is 7.20. The van der Waals surface area contributed by atoms with Gasteiger partial charge in [0.05, 0.1) is 26.7 Å². The molecule has 0 amide bonds. The maximum absolute atomic E-state index is 13.4. The molecule has 0 saturated heterocycles. The van der Waals surface area contributed by atoms with Crippen LogP contribution in [0.5, 0.6) is 5.75 Å². The van der Waals surface area contributed by atoms with Gasteiger partial charge in [-0.05, 0) is 55.1 Å². The fourth-order valence-electron chi connectivity index (χ4n) is 3.31. The number of benzene rings is 2. The number of anilines is 2. The first-order chi connectivity index (χ1) is 16.6. The first-order valence-electron chi connectivity index (χ1n) is 10.9. The van der Waals surface area contributed by atoms with E-state index in [9.17, 15) is 4.39 Å². The summed E-state index contributed by atoms with van der Waals surface area (Å²) >= 11 is 7.99. The summed E-state index contributed by atoms with van der Waals surface area (Å²) in [6, 6.07) is 13.7. The van der Waals surface area contributed by atoms with E-state index in [1.54, 1.807) is 35.6 Å². The van der Waals surface area contributed by atoms with Crippen molar-refractivity contribution < 1.29 is 9.13 Å². The molecule has 0 aliphatic heterocycles. The van der Waals surface area contributed by atoms with Crippen LogP contribution >= 0.6 is 22.9 Å². The Bertz CT molecular complexity index is 1340. The number of fused-ring (bicyclic) bond motifs is 1. The van der Waals surface area contributed by atoms with Crippen LogP contribution in [0.4, 0.5) is 15.9 Å². The van der Waals surface area contributed by atoms with E-state index in [1.165, 1.54) is 18.5 Å². The number of halogens is 2. The van der Waals surface area contributed by atoms with E-state index in [4.69, 9.17) is 16.3 Å². The molecule has 0 fully saturated rings. The minimum Gasteiger partial charge on any atom is -0.487 e. The van der Waals surface area contributed by atoms with Crippen molar-refractivity contribution in [1.82, 2.24) is 14.9 Å². The lowest BCUT2D eigenvalue weighted by molar-refractivity contribution is 0.306. The van der Waals surface area contributed by atoms with E-state index in [0.29, 0.717) is 16.6 Å². The number of hydrogen-bond acceptors (Lipinski definition) is 6. The molecule has 0 aliphatic carbocycles. The molecular weight excluding hydrogens is 471 g/mol. The van der Waals surface area contributed by atoms with Gasteiger partial charge in [0.15, 0.2) is 5.82 Å². The number of nitrogens with zero attached hydrogens (tertiary/aromatic N) is 3. The lowest BCUT2D eigenvalue weighted by atomic mass is 10.2. The molecule has 0 radical (unpaired) electrons. The maximum Gasteiger partial charge on any atom is 0.151 e. The van der Waals surface area contributed by atoms with Crippen molar-refractivity contribution in [3.63, 3.8) is 0 Å². The number of hydrogen-bond donors (Lipinski definition) is 1. The molecule has 2 aromatic carbocycles. The third kappa shape index (κ3) is 6.03. The van der Waals surface area contributed by atoms with Crippen molar-refractivity contribution in [3.8, 4) is 17.6 Å². The van der Waals surface area contributed by atoms with Gasteiger partial charge >= 0.3 is 0 Å². The summed E-state index contributed by atoms with van der Waals surface area (Å²) in [4.78, 5) is 12.0.